The first-order chi connectivity index (χ1) is 14.0. The van der Waals surface area contributed by atoms with Crippen LogP contribution in [0.2, 0.25) is 0 Å². The smallest absolute Gasteiger partial charge is 0.307 e. The molecule has 0 radical (unpaired) electrons. The largest absolute Gasteiger partial charge is 0.444 e. The Bertz CT molecular complexity index is 1070. The molecular weight excluding hydrogens is 434 g/mol. The summed E-state index contributed by atoms with van der Waals surface area (Å²) in [6.07, 6.45) is 3.22. The number of hydrogen-bond acceptors (Lipinski definition) is 4. The van der Waals surface area contributed by atoms with Gasteiger partial charge in [-0.05, 0) is 64.3 Å². The van der Waals surface area contributed by atoms with E-state index in [1.165, 1.54) is 6.08 Å². The lowest BCUT2D eigenvalue weighted by molar-refractivity contribution is -0.111. The predicted molar refractivity (Wildman–Crippen MR) is 117 cm³/mol. The second-order valence-corrected chi connectivity index (χ2v) is 6.84. The molecule has 7 heteroatoms. The van der Waals surface area contributed by atoms with Crippen molar-refractivity contribution in [1.29, 1.82) is 0 Å². The summed E-state index contributed by atoms with van der Waals surface area (Å²) in [6, 6.07) is 19.9. The van der Waals surface area contributed by atoms with E-state index < -0.39 is 5.91 Å². The average molecular weight is 452 g/mol. The zero-order valence-corrected chi connectivity index (χ0v) is 17.1. The van der Waals surface area contributed by atoms with E-state index in [2.05, 4.69) is 31.8 Å². The Labute approximate surface area is 176 Å². The van der Waals surface area contributed by atoms with Gasteiger partial charge in [0.2, 0.25) is 5.91 Å². The van der Waals surface area contributed by atoms with Gasteiger partial charge in [0.05, 0.1) is 5.71 Å². The van der Waals surface area contributed by atoms with E-state index in [0.717, 1.165) is 11.1 Å². The molecule has 0 saturated carbocycles. The highest BCUT2D eigenvalue weighted by molar-refractivity contribution is 9.10. The molecule has 29 heavy (non-hydrogen) atoms. The van der Waals surface area contributed by atoms with Crippen LogP contribution in [0.4, 0.5) is 5.69 Å². The summed E-state index contributed by atoms with van der Waals surface area (Å²) in [5, 5.41) is 6.90. The third-order valence-corrected chi connectivity index (χ3v) is 4.32. The van der Waals surface area contributed by atoms with Gasteiger partial charge in [-0.3, -0.25) is 9.59 Å². The van der Waals surface area contributed by atoms with Crippen molar-refractivity contribution in [1.82, 2.24) is 5.43 Å². The first-order valence-electron chi connectivity index (χ1n) is 8.76. The summed E-state index contributed by atoms with van der Waals surface area (Å²) in [7, 11) is 0. The number of halogens is 1. The molecule has 0 fully saturated rings. The minimum Gasteiger partial charge on any atom is -0.444 e. The molecule has 0 aliphatic rings. The third kappa shape index (κ3) is 6.02. The van der Waals surface area contributed by atoms with E-state index in [9.17, 15) is 9.59 Å². The van der Waals surface area contributed by atoms with Crippen LogP contribution in [0.5, 0.6) is 0 Å². The molecule has 0 aliphatic carbocycles. The van der Waals surface area contributed by atoms with E-state index >= 15 is 0 Å². The first-order valence-corrected chi connectivity index (χ1v) is 9.55. The van der Waals surface area contributed by atoms with Gasteiger partial charge in [0.15, 0.2) is 10.4 Å². The molecule has 1 aromatic heterocycles. The van der Waals surface area contributed by atoms with Crippen LogP contribution < -0.4 is 10.7 Å². The van der Waals surface area contributed by atoms with E-state index in [0.29, 0.717) is 16.1 Å². The quantitative estimate of drug-likeness (QED) is 0.319. The van der Waals surface area contributed by atoms with Crippen LogP contribution in [0.3, 0.4) is 0 Å². The highest BCUT2D eigenvalue weighted by atomic mass is 79.9. The molecule has 0 saturated heterocycles. The Balaban J connectivity index is 1.63. The van der Waals surface area contributed by atoms with Gasteiger partial charge in [-0.1, -0.05) is 42.5 Å². The van der Waals surface area contributed by atoms with Crippen LogP contribution in [0, 0.1) is 0 Å². The van der Waals surface area contributed by atoms with Crippen LogP contribution in [0.15, 0.2) is 87.0 Å². The summed E-state index contributed by atoms with van der Waals surface area (Å²) in [5.74, 6) is -0.539. The fraction of sp³-hybridized carbons (Fsp3) is 0.0455. The molecule has 2 aromatic carbocycles. The highest BCUT2D eigenvalue weighted by Crippen LogP contribution is 2.14. The first kappa shape index (κ1) is 20.3. The fourth-order valence-corrected chi connectivity index (χ4v) is 2.74. The van der Waals surface area contributed by atoms with E-state index in [1.807, 2.05) is 36.4 Å². The minimum atomic E-state index is -0.453. The number of hydrogen-bond donors (Lipinski definition) is 2. The molecule has 0 unspecified atom stereocenters. The summed E-state index contributed by atoms with van der Waals surface area (Å²) in [6.45, 7) is 1.76. The molecule has 1 heterocycles. The van der Waals surface area contributed by atoms with E-state index in [4.69, 9.17) is 4.42 Å². The van der Waals surface area contributed by atoms with Crippen molar-refractivity contribution in [2.24, 2.45) is 5.10 Å². The van der Waals surface area contributed by atoms with Gasteiger partial charge in [0.25, 0.3) is 0 Å². The zero-order valence-electron chi connectivity index (χ0n) is 15.6. The molecule has 3 aromatic rings. The summed E-state index contributed by atoms with van der Waals surface area (Å²) in [4.78, 5) is 24.1. The second kappa shape index (κ2) is 9.66. The van der Waals surface area contributed by atoms with Crippen molar-refractivity contribution in [3.63, 3.8) is 0 Å². The van der Waals surface area contributed by atoms with Crippen molar-refractivity contribution >= 4 is 45.2 Å². The Hall–Kier alpha value is -3.45. The number of carbonyl (C=O) groups is 2. The van der Waals surface area contributed by atoms with Gasteiger partial charge in [-0.2, -0.15) is 5.10 Å². The number of amides is 2. The van der Waals surface area contributed by atoms with Crippen LogP contribution in [-0.2, 0) is 4.79 Å². The Morgan fingerprint density at radius 3 is 2.55 bits per heavy atom. The molecule has 0 bridgehead atoms. The summed E-state index contributed by atoms with van der Waals surface area (Å²) < 4.78 is 5.65. The number of rotatable bonds is 6. The summed E-state index contributed by atoms with van der Waals surface area (Å²) in [5.41, 5.74) is 5.36. The lowest BCUT2D eigenvalue weighted by atomic mass is 10.1. The van der Waals surface area contributed by atoms with Crippen LogP contribution in [0.25, 0.3) is 6.08 Å². The number of carbonyl (C=O) groups excluding carboxylic acids is 2. The molecule has 2 N–H and O–H groups in total. The number of furan rings is 1. The fourth-order valence-electron chi connectivity index (χ4n) is 2.43. The van der Waals surface area contributed by atoms with E-state index in [-0.39, 0.29) is 11.7 Å². The monoisotopic (exact) mass is 451 g/mol. The third-order valence-electron chi connectivity index (χ3n) is 3.90. The van der Waals surface area contributed by atoms with Gasteiger partial charge in [-0.15, -0.1) is 0 Å². The molecule has 0 atom stereocenters. The van der Waals surface area contributed by atoms with Gasteiger partial charge >= 0.3 is 5.91 Å². The minimum absolute atomic E-state index is 0.152. The highest BCUT2D eigenvalue weighted by Gasteiger charge is 2.10. The van der Waals surface area contributed by atoms with Gasteiger partial charge < -0.3 is 9.73 Å². The van der Waals surface area contributed by atoms with Gasteiger partial charge in [0, 0.05) is 11.8 Å². The van der Waals surface area contributed by atoms with Crippen LogP contribution >= 0.6 is 15.9 Å². The number of anilines is 1. The molecule has 146 valence electrons. The van der Waals surface area contributed by atoms with Crippen molar-refractivity contribution in [2.45, 2.75) is 6.92 Å². The SMILES string of the molecule is CC(=NNC(=O)c1ccc(Br)o1)c1cccc(NC(=O)C=Cc2ccccc2)c1. The lowest BCUT2D eigenvalue weighted by Gasteiger charge is -2.06. The normalized spacial score (nSPS) is 11.4. The maximum absolute atomic E-state index is 12.1. The number of nitrogens with zero attached hydrogens (tertiary/aromatic N) is 1. The number of hydrazone groups is 1. The number of nitrogens with one attached hydrogen (secondary N) is 2. The van der Waals surface area contributed by atoms with Gasteiger partial charge in [0.1, 0.15) is 0 Å². The molecule has 0 aliphatic heterocycles. The molecular formula is C22H18BrN3O3. The van der Waals surface area contributed by atoms with Crippen LogP contribution in [-0.4, -0.2) is 17.5 Å². The topological polar surface area (TPSA) is 83.7 Å². The van der Waals surface area contributed by atoms with Crippen molar-refractivity contribution < 1.29 is 14.0 Å². The standard InChI is InChI=1S/C22H18BrN3O3/c1-15(25-26-22(28)19-11-12-20(23)29-19)17-8-5-9-18(14-17)24-21(27)13-10-16-6-3-2-4-7-16/h2-14H,1H3,(H,24,27)(H,26,28). The maximum Gasteiger partial charge on any atom is 0.307 e. The maximum atomic E-state index is 12.1. The number of benzene rings is 2. The Morgan fingerprint density at radius 1 is 1.03 bits per heavy atom. The van der Waals surface area contributed by atoms with Gasteiger partial charge in [-0.25, -0.2) is 5.43 Å². The molecule has 0 spiro atoms. The second-order valence-electron chi connectivity index (χ2n) is 6.06. The predicted octanol–water partition coefficient (Wildman–Crippen LogP) is 4.85. The van der Waals surface area contributed by atoms with Crippen molar-refractivity contribution in [2.75, 3.05) is 5.32 Å². The van der Waals surface area contributed by atoms with E-state index in [1.54, 1.807) is 43.3 Å². The molecule has 3 rings (SSSR count). The Kier molecular flexibility index (Phi) is 6.76. The lowest BCUT2D eigenvalue weighted by Crippen LogP contribution is -2.18. The zero-order chi connectivity index (χ0) is 20.6. The molecule has 6 nitrogen and oxygen atoms in total. The van der Waals surface area contributed by atoms with Crippen molar-refractivity contribution in [3.05, 3.63) is 94.4 Å². The molecule has 2 amide bonds. The van der Waals surface area contributed by atoms with Crippen LogP contribution in [0.1, 0.15) is 28.6 Å². The average Bonchev–Trinajstić information content (AvgIpc) is 3.17. The summed E-state index contributed by atoms with van der Waals surface area (Å²) >= 11 is 3.15. The van der Waals surface area contributed by atoms with Crippen molar-refractivity contribution in [3.8, 4) is 0 Å². The Morgan fingerprint density at radius 2 is 1.83 bits per heavy atom.